The summed E-state index contributed by atoms with van der Waals surface area (Å²) in [5.74, 6) is 1.41. The lowest BCUT2D eigenvalue weighted by Gasteiger charge is -2.12. The highest BCUT2D eigenvalue weighted by Crippen LogP contribution is 2.18. The van der Waals surface area contributed by atoms with Crippen molar-refractivity contribution in [2.75, 3.05) is 25.6 Å². The maximum absolute atomic E-state index is 12.5. The largest absolute Gasteiger partial charge is 0.497 e. The van der Waals surface area contributed by atoms with E-state index in [4.69, 9.17) is 9.47 Å². The fourth-order valence-corrected chi connectivity index (χ4v) is 3.13. The normalized spacial score (nSPS) is 10.3. The summed E-state index contributed by atoms with van der Waals surface area (Å²) in [6.45, 7) is 3.63. The van der Waals surface area contributed by atoms with E-state index in [0.29, 0.717) is 25.3 Å². The van der Waals surface area contributed by atoms with E-state index in [1.807, 2.05) is 60.7 Å². The fraction of sp³-hybridized carbons (Fsp3) is 0.240. The topological polar surface area (TPSA) is 59.6 Å². The number of methoxy groups -OCH3 is 1. The number of ether oxygens (including phenoxy) is 2. The molecule has 0 atom stereocenters. The fourth-order valence-electron chi connectivity index (χ4n) is 3.13. The van der Waals surface area contributed by atoms with Crippen LogP contribution in [0.5, 0.6) is 11.5 Å². The molecule has 0 aliphatic rings. The highest BCUT2D eigenvalue weighted by atomic mass is 16.5. The first-order valence-corrected chi connectivity index (χ1v) is 10.2. The number of hydrogen-bond acceptors (Lipinski definition) is 4. The molecular formula is C25H28N2O3. The van der Waals surface area contributed by atoms with Crippen molar-refractivity contribution in [2.45, 2.75) is 19.9 Å². The Kier molecular flexibility index (Phi) is 7.72. The summed E-state index contributed by atoms with van der Waals surface area (Å²) in [7, 11) is 1.63. The van der Waals surface area contributed by atoms with Crippen LogP contribution < -0.4 is 20.1 Å². The maximum Gasteiger partial charge on any atom is 0.251 e. The average molecular weight is 405 g/mol. The van der Waals surface area contributed by atoms with Crippen LogP contribution in [0.3, 0.4) is 0 Å². The van der Waals surface area contributed by atoms with E-state index in [9.17, 15) is 4.79 Å². The van der Waals surface area contributed by atoms with Gasteiger partial charge in [0.1, 0.15) is 18.1 Å². The van der Waals surface area contributed by atoms with Gasteiger partial charge < -0.3 is 20.1 Å². The molecule has 3 aromatic rings. The van der Waals surface area contributed by atoms with Crippen molar-refractivity contribution in [3.05, 3.63) is 89.5 Å². The summed E-state index contributed by atoms with van der Waals surface area (Å²) < 4.78 is 10.8. The molecule has 2 N–H and O–H groups in total. The highest BCUT2D eigenvalue weighted by molar-refractivity contribution is 5.94. The second kappa shape index (κ2) is 10.9. The number of nitrogens with one attached hydrogen (secondary N) is 2. The molecule has 5 heteroatoms. The summed E-state index contributed by atoms with van der Waals surface area (Å²) in [5.41, 5.74) is 4.11. The van der Waals surface area contributed by atoms with Gasteiger partial charge in [-0.2, -0.15) is 0 Å². The first-order chi connectivity index (χ1) is 14.7. The van der Waals surface area contributed by atoms with Crippen LogP contribution in [0.15, 0.2) is 72.8 Å². The predicted octanol–water partition coefficient (Wildman–Crippen LogP) is 4.68. The minimum absolute atomic E-state index is 0.107. The number of benzene rings is 3. The van der Waals surface area contributed by atoms with Crippen molar-refractivity contribution < 1.29 is 14.3 Å². The van der Waals surface area contributed by atoms with Crippen LogP contribution in [0.4, 0.5) is 5.69 Å². The number of carbonyl (C=O) groups is 1. The molecule has 30 heavy (non-hydrogen) atoms. The van der Waals surface area contributed by atoms with Gasteiger partial charge in [-0.05, 0) is 60.0 Å². The smallest absolute Gasteiger partial charge is 0.251 e. The number of hydrogen-bond donors (Lipinski definition) is 2. The standard InChI is InChI=1S/C25H28N2O3/c1-3-20-8-4-5-10-24(20)27-18-19-7-6-9-21(17-19)25(28)26-15-16-30-23-13-11-22(29-2)12-14-23/h4-14,17,27H,3,15-16,18H2,1-2H3,(H,26,28). The molecule has 1 amide bonds. The van der Waals surface area contributed by atoms with Crippen molar-refractivity contribution in [1.29, 1.82) is 0 Å². The van der Waals surface area contributed by atoms with Gasteiger partial charge >= 0.3 is 0 Å². The Morgan fingerprint density at radius 3 is 2.47 bits per heavy atom. The van der Waals surface area contributed by atoms with Crippen molar-refractivity contribution in [1.82, 2.24) is 5.32 Å². The van der Waals surface area contributed by atoms with Crippen molar-refractivity contribution >= 4 is 11.6 Å². The number of carbonyl (C=O) groups excluding carboxylic acids is 1. The minimum atomic E-state index is -0.107. The lowest BCUT2D eigenvalue weighted by Crippen LogP contribution is -2.28. The molecule has 0 saturated heterocycles. The van der Waals surface area contributed by atoms with Crippen LogP contribution in [0.2, 0.25) is 0 Å². The molecule has 5 nitrogen and oxygen atoms in total. The van der Waals surface area contributed by atoms with E-state index >= 15 is 0 Å². The Hall–Kier alpha value is -3.47. The third-order valence-electron chi connectivity index (χ3n) is 4.79. The molecule has 156 valence electrons. The van der Waals surface area contributed by atoms with Crippen molar-refractivity contribution in [2.24, 2.45) is 0 Å². The molecular weight excluding hydrogens is 376 g/mol. The van der Waals surface area contributed by atoms with Crippen LogP contribution in [-0.4, -0.2) is 26.2 Å². The van der Waals surface area contributed by atoms with E-state index in [-0.39, 0.29) is 5.91 Å². The first-order valence-electron chi connectivity index (χ1n) is 10.2. The van der Waals surface area contributed by atoms with Gasteiger partial charge in [-0.25, -0.2) is 0 Å². The van der Waals surface area contributed by atoms with Gasteiger partial charge in [0.25, 0.3) is 5.91 Å². The van der Waals surface area contributed by atoms with Crippen LogP contribution in [0.25, 0.3) is 0 Å². The van der Waals surface area contributed by atoms with E-state index in [0.717, 1.165) is 29.2 Å². The molecule has 0 fully saturated rings. The second-order valence-electron chi connectivity index (χ2n) is 6.84. The molecule has 0 aliphatic carbocycles. The Bertz CT molecular complexity index is 955. The number of anilines is 1. The Labute approximate surface area is 178 Å². The SMILES string of the molecule is CCc1ccccc1NCc1cccc(C(=O)NCCOc2ccc(OC)cc2)c1. The lowest BCUT2D eigenvalue weighted by molar-refractivity contribution is 0.0947. The molecule has 0 bridgehead atoms. The molecule has 3 aromatic carbocycles. The van der Waals surface area contributed by atoms with Gasteiger partial charge in [-0.1, -0.05) is 37.3 Å². The molecule has 0 unspecified atom stereocenters. The molecule has 0 radical (unpaired) electrons. The molecule has 0 aromatic heterocycles. The molecule has 0 saturated carbocycles. The van der Waals surface area contributed by atoms with Gasteiger partial charge in [0.15, 0.2) is 0 Å². The number of rotatable bonds is 10. The Balaban J connectivity index is 1.47. The molecule has 0 heterocycles. The van der Waals surface area contributed by atoms with Gasteiger partial charge in [0, 0.05) is 17.8 Å². The summed E-state index contributed by atoms with van der Waals surface area (Å²) in [6, 6.07) is 23.3. The number of aryl methyl sites for hydroxylation is 1. The van der Waals surface area contributed by atoms with Crippen LogP contribution in [0, 0.1) is 0 Å². The lowest BCUT2D eigenvalue weighted by atomic mass is 10.1. The van der Waals surface area contributed by atoms with Gasteiger partial charge in [-0.3, -0.25) is 4.79 Å². The Morgan fingerprint density at radius 2 is 1.70 bits per heavy atom. The average Bonchev–Trinajstić information content (AvgIpc) is 2.81. The van der Waals surface area contributed by atoms with Crippen LogP contribution in [-0.2, 0) is 13.0 Å². The summed E-state index contributed by atoms with van der Waals surface area (Å²) in [5, 5.41) is 6.37. The number of para-hydroxylation sites is 1. The highest BCUT2D eigenvalue weighted by Gasteiger charge is 2.07. The van der Waals surface area contributed by atoms with E-state index in [2.05, 4.69) is 29.7 Å². The van der Waals surface area contributed by atoms with Crippen LogP contribution >= 0.6 is 0 Å². The zero-order chi connectivity index (χ0) is 21.2. The van der Waals surface area contributed by atoms with E-state index < -0.39 is 0 Å². The number of amides is 1. The summed E-state index contributed by atoms with van der Waals surface area (Å²) in [4.78, 5) is 12.5. The summed E-state index contributed by atoms with van der Waals surface area (Å²) in [6.07, 6.45) is 0.976. The van der Waals surface area contributed by atoms with Gasteiger partial charge in [0.05, 0.1) is 13.7 Å². The molecule has 3 rings (SSSR count). The zero-order valence-corrected chi connectivity index (χ0v) is 17.5. The third-order valence-corrected chi connectivity index (χ3v) is 4.79. The van der Waals surface area contributed by atoms with Crippen molar-refractivity contribution in [3.63, 3.8) is 0 Å². The van der Waals surface area contributed by atoms with Crippen LogP contribution in [0.1, 0.15) is 28.4 Å². The maximum atomic E-state index is 12.5. The zero-order valence-electron chi connectivity index (χ0n) is 17.5. The van der Waals surface area contributed by atoms with Gasteiger partial charge in [-0.15, -0.1) is 0 Å². The van der Waals surface area contributed by atoms with E-state index in [1.54, 1.807) is 7.11 Å². The molecule has 0 spiro atoms. The van der Waals surface area contributed by atoms with E-state index in [1.165, 1.54) is 5.56 Å². The van der Waals surface area contributed by atoms with Gasteiger partial charge in [0.2, 0.25) is 0 Å². The van der Waals surface area contributed by atoms with Crippen molar-refractivity contribution in [3.8, 4) is 11.5 Å². The predicted molar refractivity (Wildman–Crippen MR) is 120 cm³/mol. The molecule has 0 aliphatic heterocycles. The summed E-state index contributed by atoms with van der Waals surface area (Å²) >= 11 is 0. The Morgan fingerprint density at radius 1 is 0.933 bits per heavy atom. The first kappa shape index (κ1) is 21.2. The minimum Gasteiger partial charge on any atom is -0.497 e. The quantitative estimate of drug-likeness (QED) is 0.482. The second-order valence-corrected chi connectivity index (χ2v) is 6.84. The monoisotopic (exact) mass is 404 g/mol. The third kappa shape index (κ3) is 6.01.